The minimum atomic E-state index is -4.06. The molecule has 11 heteroatoms. The quantitative estimate of drug-likeness (QED) is 0.532. The fraction of sp³-hybridized carbons (Fsp3) is 0.391. The van der Waals surface area contributed by atoms with E-state index in [0.717, 1.165) is 15.4 Å². The number of nitrogens with one attached hydrogen (secondary N) is 1. The van der Waals surface area contributed by atoms with Gasteiger partial charge in [0.2, 0.25) is 10.0 Å². The molecular formula is C23H28N2O8S. The molecule has 1 aliphatic heterocycles. The molecule has 2 N–H and O–H groups in total. The predicted molar refractivity (Wildman–Crippen MR) is 123 cm³/mol. The highest BCUT2D eigenvalue weighted by Crippen LogP contribution is 2.29. The van der Waals surface area contributed by atoms with Crippen molar-refractivity contribution in [1.29, 1.82) is 0 Å². The molecular weight excluding hydrogens is 464 g/mol. The molecule has 2 aromatic rings. The minimum Gasteiger partial charge on any atom is -0.497 e. The second-order valence-electron chi connectivity index (χ2n) is 7.98. The van der Waals surface area contributed by atoms with Gasteiger partial charge in [-0.3, -0.25) is 9.59 Å². The molecule has 1 amide bonds. The Bertz CT molecular complexity index is 1160. The van der Waals surface area contributed by atoms with E-state index in [9.17, 15) is 23.1 Å². The molecule has 0 aliphatic carbocycles. The molecule has 0 saturated carbocycles. The molecule has 0 bridgehead atoms. The average molecular weight is 493 g/mol. The summed E-state index contributed by atoms with van der Waals surface area (Å²) in [5, 5.41) is 12.6. The first kappa shape index (κ1) is 25.5. The number of sulfonamides is 1. The molecule has 1 saturated heterocycles. The topological polar surface area (TPSA) is 131 Å². The summed E-state index contributed by atoms with van der Waals surface area (Å²) < 4.78 is 42.6. The normalized spacial score (nSPS) is 18.4. The van der Waals surface area contributed by atoms with E-state index in [1.165, 1.54) is 26.4 Å². The second kappa shape index (κ2) is 10.4. The molecule has 184 valence electrons. The largest absolute Gasteiger partial charge is 0.497 e. The molecule has 10 nitrogen and oxygen atoms in total. The predicted octanol–water partition coefficient (Wildman–Crippen LogP) is 1.63. The number of esters is 1. The maximum Gasteiger partial charge on any atom is 0.325 e. The fourth-order valence-corrected chi connectivity index (χ4v) is 5.30. The Morgan fingerprint density at radius 3 is 2.29 bits per heavy atom. The number of aliphatic hydroxyl groups is 1. The van der Waals surface area contributed by atoms with Crippen molar-refractivity contribution in [2.75, 3.05) is 32.7 Å². The van der Waals surface area contributed by atoms with Crippen molar-refractivity contribution >= 4 is 27.6 Å². The van der Waals surface area contributed by atoms with E-state index in [1.807, 2.05) is 6.92 Å². The van der Waals surface area contributed by atoms with Crippen molar-refractivity contribution in [3.05, 3.63) is 47.5 Å². The molecule has 34 heavy (non-hydrogen) atoms. The Kier molecular flexibility index (Phi) is 7.80. The van der Waals surface area contributed by atoms with Crippen LogP contribution in [0.4, 0.5) is 5.69 Å². The number of carbonyl (C=O) groups is 2. The van der Waals surface area contributed by atoms with Crippen molar-refractivity contribution < 1.29 is 37.3 Å². The van der Waals surface area contributed by atoms with Crippen LogP contribution in [0.3, 0.4) is 0 Å². The number of rotatable bonds is 8. The third-order valence-electron chi connectivity index (χ3n) is 5.57. The third-order valence-corrected chi connectivity index (χ3v) is 7.44. The number of aliphatic hydroxyl groups excluding tert-OH is 1. The van der Waals surface area contributed by atoms with Crippen molar-refractivity contribution in [1.82, 2.24) is 4.31 Å². The first-order valence-electron chi connectivity index (χ1n) is 10.5. The van der Waals surface area contributed by atoms with Gasteiger partial charge in [0.1, 0.15) is 17.5 Å². The van der Waals surface area contributed by atoms with Crippen molar-refractivity contribution in [3.63, 3.8) is 0 Å². The van der Waals surface area contributed by atoms with Crippen LogP contribution in [0.5, 0.6) is 11.5 Å². The van der Waals surface area contributed by atoms with Gasteiger partial charge in [0.25, 0.3) is 5.91 Å². The second-order valence-corrected chi connectivity index (χ2v) is 9.87. The zero-order valence-corrected chi connectivity index (χ0v) is 20.2. The van der Waals surface area contributed by atoms with Crippen molar-refractivity contribution in [2.45, 2.75) is 37.3 Å². The molecule has 1 unspecified atom stereocenters. The summed E-state index contributed by atoms with van der Waals surface area (Å²) in [5.41, 5.74) is 2.08. The summed E-state index contributed by atoms with van der Waals surface area (Å²) in [6.45, 7) is 2.76. The van der Waals surface area contributed by atoms with E-state index in [4.69, 9.17) is 14.2 Å². The minimum absolute atomic E-state index is 0.0206. The number of carbonyl (C=O) groups excluding carboxylic acids is 2. The van der Waals surface area contributed by atoms with Crippen molar-refractivity contribution in [3.8, 4) is 11.5 Å². The molecule has 3 rings (SSSR count). The van der Waals surface area contributed by atoms with Gasteiger partial charge < -0.3 is 24.6 Å². The van der Waals surface area contributed by atoms with Gasteiger partial charge >= 0.3 is 5.97 Å². The number of β-amino-alcohol motifs (C(OH)–C–C–N with tert-alkyl or cyclic N) is 1. The Morgan fingerprint density at radius 1 is 1.06 bits per heavy atom. The maximum absolute atomic E-state index is 13.2. The van der Waals surface area contributed by atoms with Gasteiger partial charge in [0.15, 0.2) is 6.61 Å². The number of hydrogen-bond acceptors (Lipinski definition) is 8. The number of aryl methyl sites for hydroxylation is 2. The van der Waals surface area contributed by atoms with Gasteiger partial charge in [0.05, 0.1) is 25.2 Å². The lowest BCUT2D eigenvalue weighted by atomic mass is 10.1. The van der Waals surface area contributed by atoms with Crippen LogP contribution < -0.4 is 14.8 Å². The monoisotopic (exact) mass is 492 g/mol. The zero-order chi connectivity index (χ0) is 25.0. The number of methoxy groups -OCH3 is 2. The number of hydrogen-bond donors (Lipinski definition) is 2. The lowest BCUT2D eigenvalue weighted by Gasteiger charge is -2.22. The zero-order valence-electron chi connectivity index (χ0n) is 19.4. The standard InChI is InChI=1S/C23H28N2O8S/c1-14-5-6-20(7-15(14)2)34(29,30)25-12-17(26)10-21(25)23(28)33-13-22(27)24-16-8-18(31-3)11-19(9-16)32-4/h5-9,11,17,21,26H,10,12-13H2,1-4H3,(H,24,27)/t17?,21-/m0/s1. The van der Waals surface area contributed by atoms with Gasteiger partial charge in [-0.15, -0.1) is 0 Å². The highest BCUT2D eigenvalue weighted by Gasteiger charge is 2.44. The Labute approximate surface area is 198 Å². The van der Waals surface area contributed by atoms with Gasteiger partial charge in [0, 0.05) is 36.9 Å². The van der Waals surface area contributed by atoms with Crippen LogP contribution in [0.1, 0.15) is 17.5 Å². The molecule has 2 aromatic carbocycles. The Hall–Kier alpha value is -3.15. The van der Waals surface area contributed by atoms with E-state index >= 15 is 0 Å². The van der Waals surface area contributed by atoms with Crippen LogP contribution >= 0.6 is 0 Å². The fourth-order valence-electron chi connectivity index (χ4n) is 3.58. The van der Waals surface area contributed by atoms with E-state index in [2.05, 4.69) is 5.32 Å². The van der Waals surface area contributed by atoms with E-state index in [1.54, 1.807) is 31.2 Å². The third kappa shape index (κ3) is 5.66. The van der Waals surface area contributed by atoms with Crippen LogP contribution in [0.2, 0.25) is 0 Å². The highest BCUT2D eigenvalue weighted by molar-refractivity contribution is 7.89. The number of benzene rings is 2. The number of anilines is 1. The summed E-state index contributed by atoms with van der Waals surface area (Å²) in [5.74, 6) is -0.634. The molecule has 0 radical (unpaired) electrons. The lowest BCUT2D eigenvalue weighted by molar-refractivity contribution is -0.150. The SMILES string of the molecule is COc1cc(NC(=O)COC(=O)[C@@H]2CC(O)CN2S(=O)(=O)c2ccc(C)c(C)c2)cc(OC)c1. The Balaban J connectivity index is 1.68. The molecule has 1 heterocycles. The summed E-state index contributed by atoms with van der Waals surface area (Å²) in [4.78, 5) is 25.0. The van der Waals surface area contributed by atoms with Gasteiger partial charge in [-0.2, -0.15) is 4.31 Å². The number of nitrogens with zero attached hydrogens (tertiary/aromatic N) is 1. The summed E-state index contributed by atoms with van der Waals surface area (Å²) in [6, 6.07) is 8.17. The Morgan fingerprint density at radius 2 is 1.71 bits per heavy atom. The highest BCUT2D eigenvalue weighted by atomic mass is 32.2. The van der Waals surface area contributed by atoms with Crippen LogP contribution in [0.15, 0.2) is 41.3 Å². The summed E-state index contributed by atoms with van der Waals surface area (Å²) in [7, 11) is -1.13. The van der Waals surface area contributed by atoms with E-state index in [-0.39, 0.29) is 17.9 Å². The average Bonchev–Trinajstić information content (AvgIpc) is 3.21. The number of ether oxygens (including phenoxy) is 3. The lowest BCUT2D eigenvalue weighted by Crippen LogP contribution is -2.42. The van der Waals surface area contributed by atoms with Gasteiger partial charge in [-0.25, -0.2) is 8.42 Å². The van der Waals surface area contributed by atoms with Gasteiger partial charge in [-0.1, -0.05) is 6.07 Å². The molecule has 1 aliphatic rings. The van der Waals surface area contributed by atoms with Crippen LogP contribution in [0, 0.1) is 13.8 Å². The molecule has 2 atom stereocenters. The maximum atomic E-state index is 13.2. The first-order chi connectivity index (χ1) is 16.0. The molecule has 0 aromatic heterocycles. The molecule has 0 spiro atoms. The van der Waals surface area contributed by atoms with Crippen LogP contribution in [0.25, 0.3) is 0 Å². The van der Waals surface area contributed by atoms with Gasteiger partial charge in [-0.05, 0) is 37.1 Å². The van der Waals surface area contributed by atoms with E-state index in [0.29, 0.717) is 17.2 Å². The summed E-state index contributed by atoms with van der Waals surface area (Å²) in [6.07, 6.45) is -1.16. The van der Waals surface area contributed by atoms with Crippen LogP contribution in [-0.2, 0) is 24.3 Å². The smallest absolute Gasteiger partial charge is 0.325 e. The molecule has 1 fully saturated rings. The van der Waals surface area contributed by atoms with E-state index < -0.39 is 40.7 Å². The van der Waals surface area contributed by atoms with Crippen molar-refractivity contribution in [2.24, 2.45) is 0 Å². The summed E-state index contributed by atoms with van der Waals surface area (Å²) >= 11 is 0. The number of amides is 1. The van der Waals surface area contributed by atoms with Crippen LogP contribution in [-0.4, -0.2) is 69.2 Å². The first-order valence-corrected chi connectivity index (χ1v) is 12.0.